The first kappa shape index (κ1) is 10.5. The van der Waals surface area contributed by atoms with Gasteiger partial charge in [-0.15, -0.1) is 0 Å². The molecule has 1 aliphatic heterocycles. The first-order valence-corrected chi connectivity index (χ1v) is 5.14. The van der Waals surface area contributed by atoms with Crippen LogP contribution in [0.2, 0.25) is 0 Å². The Bertz CT molecular complexity index is 161. The largest absolute Gasteiger partial charge is 0.466 e. The van der Waals surface area contributed by atoms with Crippen LogP contribution in [0.5, 0.6) is 0 Å². The first-order valence-electron chi connectivity index (χ1n) is 5.14. The minimum atomic E-state index is 0.458. The van der Waals surface area contributed by atoms with Crippen molar-refractivity contribution in [1.82, 2.24) is 4.90 Å². The van der Waals surface area contributed by atoms with Gasteiger partial charge in [0.1, 0.15) is 6.61 Å². The van der Waals surface area contributed by atoms with Crippen molar-refractivity contribution in [2.45, 2.75) is 45.2 Å². The molecular formula is C10H19NO2. The van der Waals surface area contributed by atoms with E-state index in [2.05, 4.69) is 18.7 Å². The number of hydrogen-bond donors (Lipinski definition) is 0. The Kier molecular flexibility index (Phi) is 4.22. The second kappa shape index (κ2) is 5.22. The van der Waals surface area contributed by atoms with Gasteiger partial charge in [-0.3, -0.25) is 9.69 Å². The van der Waals surface area contributed by atoms with E-state index in [0.717, 1.165) is 6.54 Å². The second-order valence-electron chi connectivity index (χ2n) is 3.55. The van der Waals surface area contributed by atoms with E-state index in [1.165, 1.54) is 19.3 Å². The quantitative estimate of drug-likeness (QED) is 0.607. The summed E-state index contributed by atoms with van der Waals surface area (Å²) in [7, 11) is 0. The van der Waals surface area contributed by atoms with E-state index >= 15 is 0 Å². The molecule has 3 nitrogen and oxygen atoms in total. The van der Waals surface area contributed by atoms with Gasteiger partial charge in [0.05, 0.1) is 0 Å². The molecule has 1 rings (SSSR count). The van der Waals surface area contributed by atoms with Crippen LogP contribution < -0.4 is 0 Å². The predicted molar refractivity (Wildman–Crippen MR) is 51.5 cm³/mol. The fourth-order valence-corrected chi connectivity index (χ4v) is 2.30. The summed E-state index contributed by atoms with van der Waals surface area (Å²) in [6, 6.07) is 1.16. The lowest BCUT2D eigenvalue weighted by atomic mass is 10.1. The standard InChI is InChI=1S/C10H19NO2/c1-3-9-5-6-10(7-13-8-12)11(9)4-2/h8-10H,3-7H2,1-2H3. The van der Waals surface area contributed by atoms with Gasteiger partial charge in [-0.2, -0.15) is 0 Å². The Morgan fingerprint density at radius 2 is 2.08 bits per heavy atom. The van der Waals surface area contributed by atoms with E-state index in [1.54, 1.807) is 0 Å². The van der Waals surface area contributed by atoms with Gasteiger partial charge < -0.3 is 4.74 Å². The van der Waals surface area contributed by atoms with Crippen molar-refractivity contribution in [3.63, 3.8) is 0 Å². The zero-order valence-corrected chi connectivity index (χ0v) is 8.53. The van der Waals surface area contributed by atoms with Crippen molar-refractivity contribution < 1.29 is 9.53 Å². The molecule has 1 heterocycles. The van der Waals surface area contributed by atoms with E-state index in [4.69, 9.17) is 4.74 Å². The highest BCUT2D eigenvalue weighted by Crippen LogP contribution is 2.25. The third-order valence-corrected chi connectivity index (χ3v) is 2.96. The molecule has 0 N–H and O–H groups in total. The van der Waals surface area contributed by atoms with Gasteiger partial charge in [-0.25, -0.2) is 0 Å². The maximum atomic E-state index is 10.1. The van der Waals surface area contributed by atoms with Crippen LogP contribution in [0.3, 0.4) is 0 Å². The number of likely N-dealkylation sites (N-methyl/N-ethyl adjacent to an activating group) is 1. The third kappa shape index (κ3) is 2.44. The molecule has 2 atom stereocenters. The van der Waals surface area contributed by atoms with Crippen LogP contribution in [0, 0.1) is 0 Å². The van der Waals surface area contributed by atoms with Crippen LogP contribution >= 0.6 is 0 Å². The van der Waals surface area contributed by atoms with Gasteiger partial charge in [0, 0.05) is 12.1 Å². The van der Waals surface area contributed by atoms with Crippen molar-refractivity contribution in [2.24, 2.45) is 0 Å². The molecule has 0 bridgehead atoms. The summed E-state index contributed by atoms with van der Waals surface area (Å²) >= 11 is 0. The van der Waals surface area contributed by atoms with Crippen LogP contribution in [-0.2, 0) is 9.53 Å². The summed E-state index contributed by atoms with van der Waals surface area (Å²) in [5.74, 6) is 0. The van der Waals surface area contributed by atoms with Gasteiger partial charge in [-0.1, -0.05) is 13.8 Å². The number of hydrogen-bond acceptors (Lipinski definition) is 3. The summed E-state index contributed by atoms with van der Waals surface area (Å²) < 4.78 is 4.82. The number of ether oxygens (including phenoxy) is 1. The number of rotatable bonds is 5. The first-order chi connectivity index (χ1) is 6.33. The molecule has 1 saturated heterocycles. The summed E-state index contributed by atoms with van der Waals surface area (Å²) in [4.78, 5) is 12.5. The molecule has 0 aromatic heterocycles. The highest BCUT2D eigenvalue weighted by Gasteiger charge is 2.30. The van der Waals surface area contributed by atoms with Crippen LogP contribution in [-0.4, -0.2) is 36.6 Å². The number of carbonyl (C=O) groups is 1. The zero-order chi connectivity index (χ0) is 9.68. The molecule has 0 radical (unpaired) electrons. The molecule has 0 saturated carbocycles. The molecule has 1 fully saturated rings. The normalized spacial score (nSPS) is 29.1. The molecule has 13 heavy (non-hydrogen) atoms. The number of likely N-dealkylation sites (tertiary alicyclic amines) is 1. The molecule has 0 aromatic carbocycles. The average Bonchev–Trinajstić information content (AvgIpc) is 2.56. The van der Waals surface area contributed by atoms with E-state index in [0.29, 0.717) is 25.2 Å². The maximum absolute atomic E-state index is 10.1. The highest BCUT2D eigenvalue weighted by atomic mass is 16.5. The average molecular weight is 185 g/mol. The van der Waals surface area contributed by atoms with Crippen molar-refractivity contribution >= 4 is 6.47 Å². The van der Waals surface area contributed by atoms with Crippen molar-refractivity contribution in [1.29, 1.82) is 0 Å². The van der Waals surface area contributed by atoms with Crippen LogP contribution in [0.15, 0.2) is 0 Å². The highest BCUT2D eigenvalue weighted by molar-refractivity contribution is 5.36. The van der Waals surface area contributed by atoms with Crippen molar-refractivity contribution in [3.05, 3.63) is 0 Å². The monoisotopic (exact) mass is 185 g/mol. The molecule has 1 aliphatic rings. The van der Waals surface area contributed by atoms with E-state index in [-0.39, 0.29) is 0 Å². The fourth-order valence-electron chi connectivity index (χ4n) is 2.30. The Morgan fingerprint density at radius 3 is 2.62 bits per heavy atom. The minimum Gasteiger partial charge on any atom is -0.466 e. The minimum absolute atomic E-state index is 0.458. The topological polar surface area (TPSA) is 29.5 Å². The lowest BCUT2D eigenvalue weighted by molar-refractivity contribution is -0.130. The summed E-state index contributed by atoms with van der Waals surface area (Å²) in [6.45, 7) is 6.56. The number of carbonyl (C=O) groups excluding carboxylic acids is 1. The second-order valence-corrected chi connectivity index (χ2v) is 3.55. The lowest BCUT2D eigenvalue weighted by Gasteiger charge is -2.27. The van der Waals surface area contributed by atoms with Gasteiger partial charge in [0.15, 0.2) is 0 Å². The van der Waals surface area contributed by atoms with Gasteiger partial charge in [0.2, 0.25) is 0 Å². The van der Waals surface area contributed by atoms with Gasteiger partial charge >= 0.3 is 0 Å². The molecule has 76 valence electrons. The van der Waals surface area contributed by atoms with E-state index < -0.39 is 0 Å². The predicted octanol–water partition coefficient (Wildman–Crippen LogP) is 1.42. The van der Waals surface area contributed by atoms with Gasteiger partial charge in [0.25, 0.3) is 6.47 Å². The molecule has 0 aromatic rings. The van der Waals surface area contributed by atoms with E-state index in [9.17, 15) is 4.79 Å². The summed E-state index contributed by atoms with van der Waals surface area (Å²) in [5.41, 5.74) is 0. The van der Waals surface area contributed by atoms with E-state index in [1.807, 2.05) is 0 Å². The Hall–Kier alpha value is -0.570. The van der Waals surface area contributed by atoms with Crippen LogP contribution in [0.4, 0.5) is 0 Å². The molecular weight excluding hydrogens is 166 g/mol. The summed E-state index contributed by atoms with van der Waals surface area (Å²) in [5, 5.41) is 0. The Labute approximate surface area is 80.1 Å². The van der Waals surface area contributed by atoms with Crippen molar-refractivity contribution in [3.8, 4) is 0 Å². The molecule has 3 heteroatoms. The van der Waals surface area contributed by atoms with Crippen LogP contribution in [0.1, 0.15) is 33.1 Å². The number of nitrogens with zero attached hydrogens (tertiary/aromatic N) is 1. The maximum Gasteiger partial charge on any atom is 0.293 e. The smallest absolute Gasteiger partial charge is 0.293 e. The third-order valence-electron chi connectivity index (χ3n) is 2.96. The lowest BCUT2D eigenvalue weighted by Crippen LogP contribution is -2.38. The molecule has 2 unspecified atom stereocenters. The SMILES string of the molecule is CCC1CCC(COC=O)N1CC. The summed E-state index contributed by atoms with van der Waals surface area (Å²) in [6.07, 6.45) is 3.61. The van der Waals surface area contributed by atoms with Crippen LogP contribution in [0.25, 0.3) is 0 Å². The van der Waals surface area contributed by atoms with Crippen molar-refractivity contribution in [2.75, 3.05) is 13.2 Å². The molecule has 0 spiro atoms. The molecule has 0 aliphatic carbocycles. The Morgan fingerprint density at radius 1 is 1.38 bits per heavy atom. The Balaban J connectivity index is 2.41. The fraction of sp³-hybridized carbons (Fsp3) is 0.900. The molecule has 0 amide bonds. The zero-order valence-electron chi connectivity index (χ0n) is 8.53. The van der Waals surface area contributed by atoms with Gasteiger partial charge in [-0.05, 0) is 25.8 Å².